The molecule has 0 amide bonds. The number of nitrogens with one attached hydrogen (secondary N) is 1. The van der Waals surface area contributed by atoms with Crippen LogP contribution in [-0.4, -0.2) is 42.7 Å². The average molecular weight is 396 g/mol. The lowest BCUT2D eigenvalue weighted by Gasteiger charge is -2.35. The second kappa shape index (κ2) is 9.97. The van der Waals surface area contributed by atoms with Crippen molar-refractivity contribution >= 4 is 5.82 Å². The van der Waals surface area contributed by atoms with Gasteiger partial charge < -0.3 is 14.8 Å². The van der Waals surface area contributed by atoms with Gasteiger partial charge in [-0.15, -0.1) is 0 Å². The number of pyridine rings is 1. The molecule has 2 fully saturated rings. The number of ether oxygens (including phenoxy) is 2. The van der Waals surface area contributed by atoms with Crippen LogP contribution in [-0.2, 0) is 0 Å². The molecule has 1 aromatic heterocycles. The van der Waals surface area contributed by atoms with Crippen molar-refractivity contribution < 1.29 is 9.47 Å². The molecule has 1 aliphatic heterocycles. The fraction of sp³-hybridized carbons (Fsp3) is 0.542. The Bertz CT molecular complexity index is 759. The monoisotopic (exact) mass is 395 g/mol. The molecule has 5 nitrogen and oxygen atoms in total. The topological polar surface area (TPSA) is 46.6 Å². The molecule has 0 unspecified atom stereocenters. The summed E-state index contributed by atoms with van der Waals surface area (Å²) in [6.07, 6.45) is 9.41. The van der Waals surface area contributed by atoms with Gasteiger partial charge in [0.25, 0.3) is 0 Å². The number of rotatable bonds is 8. The summed E-state index contributed by atoms with van der Waals surface area (Å²) in [6.45, 7) is 2.54. The molecule has 1 saturated carbocycles. The van der Waals surface area contributed by atoms with Crippen LogP contribution in [0, 0.1) is 0 Å². The number of nitrogens with zero attached hydrogens (tertiary/aromatic N) is 2. The van der Waals surface area contributed by atoms with Gasteiger partial charge in [-0.05, 0) is 68.6 Å². The Morgan fingerprint density at radius 3 is 2.55 bits per heavy atom. The molecule has 156 valence electrons. The molecule has 1 aliphatic carbocycles. The first-order valence-electron chi connectivity index (χ1n) is 11.1. The highest BCUT2D eigenvalue weighted by atomic mass is 16.5. The molecule has 2 aliphatic rings. The lowest BCUT2D eigenvalue weighted by atomic mass is 9.93. The first kappa shape index (κ1) is 20.0. The van der Waals surface area contributed by atoms with E-state index < -0.39 is 0 Å². The molecule has 5 heteroatoms. The maximum absolute atomic E-state index is 5.80. The zero-order valence-corrected chi connectivity index (χ0v) is 17.5. The van der Waals surface area contributed by atoms with Crippen molar-refractivity contribution in [3.63, 3.8) is 0 Å². The smallest absolute Gasteiger partial charge is 0.126 e. The normalized spacial score (nSPS) is 20.5. The zero-order valence-electron chi connectivity index (χ0n) is 17.5. The van der Waals surface area contributed by atoms with E-state index in [0.717, 1.165) is 29.9 Å². The molecule has 0 spiro atoms. The highest BCUT2D eigenvalue weighted by molar-refractivity contribution is 5.36. The molecule has 2 aromatic rings. The lowest BCUT2D eigenvalue weighted by Crippen LogP contribution is -2.36. The molecule has 29 heavy (non-hydrogen) atoms. The molecule has 0 radical (unpaired) electrons. The third kappa shape index (κ3) is 5.21. The Labute approximate surface area is 174 Å². The van der Waals surface area contributed by atoms with Crippen molar-refractivity contribution in [3.05, 3.63) is 48.2 Å². The lowest BCUT2D eigenvalue weighted by molar-refractivity contribution is 0.140. The predicted molar refractivity (Wildman–Crippen MR) is 117 cm³/mol. The van der Waals surface area contributed by atoms with E-state index >= 15 is 0 Å². The number of likely N-dealkylation sites (tertiary alicyclic amines) is 1. The van der Waals surface area contributed by atoms with E-state index in [1.54, 1.807) is 7.11 Å². The van der Waals surface area contributed by atoms with Gasteiger partial charge in [0.1, 0.15) is 23.9 Å². The van der Waals surface area contributed by atoms with Crippen molar-refractivity contribution in [2.45, 2.75) is 57.0 Å². The van der Waals surface area contributed by atoms with Gasteiger partial charge in [-0.2, -0.15) is 0 Å². The number of hydrogen-bond donors (Lipinski definition) is 1. The molecule has 1 atom stereocenters. The minimum Gasteiger partial charge on any atom is -0.497 e. The van der Waals surface area contributed by atoms with E-state index in [1.807, 2.05) is 24.3 Å². The Balaban J connectivity index is 1.30. The Hall–Kier alpha value is -2.27. The fourth-order valence-corrected chi connectivity index (χ4v) is 4.71. The second-order valence-corrected chi connectivity index (χ2v) is 8.09. The third-order valence-electron chi connectivity index (χ3n) is 6.19. The Kier molecular flexibility index (Phi) is 6.88. The molecule has 2 heterocycles. The minimum atomic E-state index is 0.482. The number of aromatic nitrogens is 1. The van der Waals surface area contributed by atoms with Crippen LogP contribution in [0.1, 0.15) is 56.7 Å². The molecule has 0 bridgehead atoms. The third-order valence-corrected chi connectivity index (χ3v) is 6.19. The molecular formula is C24H33N3O2. The van der Waals surface area contributed by atoms with Crippen molar-refractivity contribution in [2.24, 2.45) is 0 Å². The summed E-state index contributed by atoms with van der Waals surface area (Å²) in [6, 6.07) is 15.3. The molecule has 1 aromatic carbocycles. The van der Waals surface area contributed by atoms with E-state index in [2.05, 4.69) is 28.4 Å². The molecule has 1 saturated heterocycles. The molecular weight excluding hydrogens is 362 g/mol. The number of benzene rings is 1. The first-order valence-corrected chi connectivity index (χ1v) is 11.1. The summed E-state index contributed by atoms with van der Waals surface area (Å²) in [5.74, 6) is 2.63. The molecule has 1 N–H and O–H groups in total. The van der Waals surface area contributed by atoms with Gasteiger partial charge in [-0.25, -0.2) is 4.98 Å². The van der Waals surface area contributed by atoms with Gasteiger partial charge in [0.2, 0.25) is 0 Å². The van der Waals surface area contributed by atoms with E-state index in [1.165, 1.54) is 57.2 Å². The number of methoxy groups -OCH3 is 1. The summed E-state index contributed by atoms with van der Waals surface area (Å²) in [5.41, 5.74) is 1.22. The van der Waals surface area contributed by atoms with Gasteiger partial charge in [-0.3, -0.25) is 4.90 Å². The van der Waals surface area contributed by atoms with Gasteiger partial charge in [0, 0.05) is 6.04 Å². The van der Waals surface area contributed by atoms with Crippen LogP contribution in [0.2, 0.25) is 0 Å². The van der Waals surface area contributed by atoms with Crippen molar-refractivity contribution in [1.82, 2.24) is 9.88 Å². The standard InChI is InChI=1S/C24H33N3O2/c1-28-20-12-14-21(15-13-20)29-18-16-25-24-11-5-9-22(26-24)23-10-6-17-27(23)19-7-3-2-4-8-19/h5,9,11-15,19,23H,2-4,6-8,10,16-18H2,1H3,(H,25,26)/t23-/m1/s1. The number of anilines is 1. The van der Waals surface area contributed by atoms with Crippen molar-refractivity contribution in [3.8, 4) is 11.5 Å². The Morgan fingerprint density at radius 2 is 1.76 bits per heavy atom. The first-order chi connectivity index (χ1) is 14.3. The zero-order chi connectivity index (χ0) is 19.9. The highest BCUT2D eigenvalue weighted by Crippen LogP contribution is 2.37. The van der Waals surface area contributed by atoms with Crippen LogP contribution in [0.15, 0.2) is 42.5 Å². The van der Waals surface area contributed by atoms with Gasteiger partial charge in [-0.1, -0.05) is 25.3 Å². The minimum absolute atomic E-state index is 0.482. The van der Waals surface area contributed by atoms with E-state index in [0.29, 0.717) is 12.6 Å². The predicted octanol–water partition coefficient (Wildman–Crippen LogP) is 5.05. The van der Waals surface area contributed by atoms with Crippen molar-refractivity contribution in [2.75, 3.05) is 32.1 Å². The van der Waals surface area contributed by atoms with Crippen LogP contribution < -0.4 is 14.8 Å². The van der Waals surface area contributed by atoms with E-state index in [4.69, 9.17) is 14.5 Å². The highest BCUT2D eigenvalue weighted by Gasteiger charge is 2.33. The van der Waals surface area contributed by atoms with Gasteiger partial charge >= 0.3 is 0 Å². The maximum Gasteiger partial charge on any atom is 0.126 e. The van der Waals surface area contributed by atoms with E-state index in [9.17, 15) is 0 Å². The quantitative estimate of drug-likeness (QED) is 0.634. The summed E-state index contributed by atoms with van der Waals surface area (Å²) in [7, 11) is 1.67. The molecule has 4 rings (SSSR count). The van der Waals surface area contributed by atoms with Gasteiger partial charge in [0.05, 0.1) is 25.4 Å². The Morgan fingerprint density at radius 1 is 0.966 bits per heavy atom. The maximum atomic E-state index is 5.80. The number of hydrogen-bond acceptors (Lipinski definition) is 5. The largest absolute Gasteiger partial charge is 0.497 e. The second-order valence-electron chi connectivity index (χ2n) is 8.09. The van der Waals surface area contributed by atoms with E-state index in [-0.39, 0.29) is 0 Å². The SMILES string of the molecule is COc1ccc(OCCNc2cccc([C@H]3CCCN3C3CCCCC3)n2)cc1. The summed E-state index contributed by atoms with van der Waals surface area (Å²) < 4.78 is 11.0. The van der Waals surface area contributed by atoms with Crippen LogP contribution in [0.4, 0.5) is 5.82 Å². The fourth-order valence-electron chi connectivity index (χ4n) is 4.71. The average Bonchev–Trinajstić information content (AvgIpc) is 3.28. The van der Waals surface area contributed by atoms with Crippen LogP contribution >= 0.6 is 0 Å². The van der Waals surface area contributed by atoms with Crippen LogP contribution in [0.25, 0.3) is 0 Å². The summed E-state index contributed by atoms with van der Waals surface area (Å²) in [5, 5.41) is 3.42. The van der Waals surface area contributed by atoms with Gasteiger partial charge in [0.15, 0.2) is 0 Å². The summed E-state index contributed by atoms with van der Waals surface area (Å²) >= 11 is 0. The van der Waals surface area contributed by atoms with Crippen LogP contribution in [0.3, 0.4) is 0 Å². The van der Waals surface area contributed by atoms with Crippen LogP contribution in [0.5, 0.6) is 11.5 Å². The van der Waals surface area contributed by atoms with Crippen molar-refractivity contribution in [1.29, 1.82) is 0 Å². The summed E-state index contributed by atoms with van der Waals surface area (Å²) in [4.78, 5) is 7.68.